The Morgan fingerprint density at radius 2 is 1.70 bits per heavy atom. The van der Waals surface area contributed by atoms with Gasteiger partial charge in [-0.3, -0.25) is 4.79 Å². The Kier molecular flexibility index (Phi) is 7.63. The van der Waals surface area contributed by atoms with E-state index in [4.69, 9.17) is 5.11 Å². The summed E-state index contributed by atoms with van der Waals surface area (Å²) in [6.07, 6.45) is 1.45. The van der Waals surface area contributed by atoms with Crippen molar-refractivity contribution in [1.29, 1.82) is 0 Å². The van der Waals surface area contributed by atoms with E-state index < -0.39 is 0 Å². The van der Waals surface area contributed by atoms with Crippen molar-refractivity contribution in [2.24, 2.45) is 5.10 Å². The first-order valence-electron chi connectivity index (χ1n) is 5.55. The second kappa shape index (κ2) is 9.29. The maximum absolute atomic E-state index is 9.66. The molecule has 0 aliphatic rings. The zero-order valence-corrected chi connectivity index (χ0v) is 13.3. The first kappa shape index (κ1) is 16.4. The Balaban J connectivity index is 0.000000956. The fourth-order valence-electron chi connectivity index (χ4n) is 1.40. The molecule has 2 aromatic carbocycles. The van der Waals surface area contributed by atoms with Crippen molar-refractivity contribution in [3.8, 4) is 5.75 Å². The molecule has 3 N–H and O–H groups in total. The van der Waals surface area contributed by atoms with Crippen LogP contribution in [0.25, 0.3) is 5.43 Å². The minimum atomic E-state index is -0.144. The van der Waals surface area contributed by atoms with Crippen LogP contribution >= 0.6 is 9.42 Å². The quantitative estimate of drug-likeness (QED) is 0.375. The van der Waals surface area contributed by atoms with Crippen LogP contribution in [0, 0.1) is 0 Å². The maximum Gasteiger partial charge on any atom is 0.275 e. The van der Waals surface area contributed by atoms with E-state index in [1.807, 2.05) is 24.3 Å². The van der Waals surface area contributed by atoms with Crippen LogP contribution in [-0.4, -0.2) is 22.0 Å². The van der Waals surface area contributed by atoms with Gasteiger partial charge in [0.1, 0.15) is 0 Å². The molecule has 0 fully saturated rings. The molecule has 0 bridgehead atoms. The molecule has 0 unspecified atom stereocenters. The first-order chi connectivity index (χ1) is 9.77. The molecule has 4 nitrogen and oxygen atoms in total. The van der Waals surface area contributed by atoms with Gasteiger partial charge in [0.2, 0.25) is 0 Å². The predicted molar refractivity (Wildman–Crippen MR) is 78.8 cm³/mol. The molecule has 0 saturated carbocycles. The smallest absolute Gasteiger partial charge is 0.275 e. The van der Waals surface area contributed by atoms with Gasteiger partial charge in [-0.2, -0.15) is 0 Å². The van der Waals surface area contributed by atoms with Gasteiger partial charge < -0.3 is 15.6 Å². The van der Waals surface area contributed by atoms with E-state index >= 15 is 0 Å². The van der Waals surface area contributed by atoms with Crippen LogP contribution in [0.3, 0.4) is 0 Å². The van der Waals surface area contributed by atoms with E-state index in [0.29, 0.717) is 16.9 Å². The first-order valence-corrected chi connectivity index (χ1v) is 8.37. The van der Waals surface area contributed by atoms with E-state index in [0.717, 1.165) is 0 Å². The zero-order chi connectivity index (χ0) is 14.8. The van der Waals surface area contributed by atoms with Crippen molar-refractivity contribution >= 4 is 21.5 Å². The molecule has 0 aromatic heterocycles. The largest absolute Gasteiger partial charge is 0.593 e. The summed E-state index contributed by atoms with van der Waals surface area (Å²) in [5.74, 6) is 0.227. The third-order valence-corrected chi connectivity index (χ3v) is 2.34. The monoisotopic (exact) mass is 471 g/mol. The molecule has 0 spiro atoms. The molecular formula is C14H13ClN2O2Pt+2. The number of rotatable bonds is 3. The summed E-state index contributed by atoms with van der Waals surface area (Å²) in [4.78, 5) is 9.66. The number of halogens is 1. The standard InChI is InChI=1S/C14H12N2O2.ClH.Pt/c17-13-9-5-4-8-12(13)10-15-16-14(18)11-6-2-1-3-7-11;;/h1-10H,(H2,15,16,17,18);1H;/q;;+2. The molecule has 0 aliphatic heterocycles. The topological polar surface area (TPSA) is 70.8 Å². The summed E-state index contributed by atoms with van der Waals surface area (Å²) in [7, 11) is 4.61. The van der Waals surface area contributed by atoms with Gasteiger partial charge in [-0.1, -0.05) is 30.3 Å². The molecule has 1 amide bonds. The summed E-state index contributed by atoms with van der Waals surface area (Å²) in [6, 6.07) is 16.0. The number of para-hydroxylation sites is 1. The Morgan fingerprint density at radius 1 is 1.10 bits per heavy atom. The number of hydrogen-bond acceptors (Lipinski definition) is 1. The van der Waals surface area contributed by atoms with Gasteiger partial charge >= 0.3 is 28.2 Å². The van der Waals surface area contributed by atoms with Crippen LogP contribution in [0.4, 0.5) is 0 Å². The zero-order valence-electron chi connectivity index (χ0n) is 10.3. The van der Waals surface area contributed by atoms with Crippen molar-refractivity contribution < 1.29 is 28.7 Å². The van der Waals surface area contributed by atoms with Gasteiger partial charge in [-0.25, -0.2) is 0 Å². The molecule has 0 saturated heterocycles. The Labute approximate surface area is 132 Å². The predicted octanol–water partition coefficient (Wildman–Crippen LogP) is 3.07. The average Bonchev–Trinajstić information content (AvgIpc) is 2.52. The van der Waals surface area contributed by atoms with E-state index in [2.05, 4.69) is 19.9 Å². The summed E-state index contributed by atoms with van der Waals surface area (Å²) >= 11 is 1.61. The summed E-state index contributed by atoms with van der Waals surface area (Å²) < 4.78 is 0. The summed E-state index contributed by atoms with van der Waals surface area (Å²) in [6.45, 7) is 0. The van der Waals surface area contributed by atoms with Crippen molar-refractivity contribution in [3.63, 3.8) is 0 Å². The fourth-order valence-corrected chi connectivity index (χ4v) is 1.40. The van der Waals surface area contributed by atoms with Gasteiger partial charge in [0.25, 0.3) is 11.7 Å². The molecular weight excluding hydrogens is 459 g/mol. The number of nitrogens with zero attached hydrogens (tertiary/aromatic N) is 2. The molecule has 20 heavy (non-hydrogen) atoms. The molecule has 0 atom stereocenters. The molecule has 0 heterocycles. The van der Waals surface area contributed by atoms with Gasteiger partial charge in [0.15, 0.2) is 0 Å². The normalized spacial score (nSPS) is 9.75. The van der Waals surface area contributed by atoms with Crippen LogP contribution in [0.1, 0.15) is 11.1 Å². The Hall–Kier alpha value is -1.64. The molecule has 2 aromatic rings. The molecule has 106 valence electrons. The number of carbonyl (C=O) groups excluding carboxylic acids is 1. The van der Waals surface area contributed by atoms with Crippen molar-refractivity contribution in [1.82, 2.24) is 0 Å². The van der Waals surface area contributed by atoms with Crippen LogP contribution in [0.5, 0.6) is 5.75 Å². The van der Waals surface area contributed by atoms with E-state index in [-0.39, 0.29) is 5.91 Å². The van der Waals surface area contributed by atoms with E-state index in [9.17, 15) is 4.79 Å². The van der Waals surface area contributed by atoms with Gasteiger partial charge in [0, 0.05) is 12.3 Å². The second-order valence-electron chi connectivity index (χ2n) is 3.62. The van der Waals surface area contributed by atoms with E-state index in [1.165, 1.54) is 6.21 Å². The van der Waals surface area contributed by atoms with Crippen molar-refractivity contribution in [2.75, 3.05) is 0 Å². The van der Waals surface area contributed by atoms with Crippen LogP contribution in [0.2, 0.25) is 0 Å². The summed E-state index contributed by atoms with van der Waals surface area (Å²) in [5.41, 5.74) is 4.95. The molecule has 0 radical (unpaired) electrons. The fraction of sp³-hybridized carbons (Fsp3) is 0. The van der Waals surface area contributed by atoms with Crippen LogP contribution in [-0.2, 0) is 18.8 Å². The molecule has 6 heteroatoms. The van der Waals surface area contributed by atoms with Gasteiger partial charge in [-0.05, 0) is 18.2 Å². The van der Waals surface area contributed by atoms with E-state index in [1.54, 1.807) is 49.1 Å². The second-order valence-corrected chi connectivity index (χ2v) is 3.62. The number of amides is 1. The average molecular weight is 472 g/mol. The molecule has 0 aliphatic carbocycles. The SMILES string of the molecule is [Cl][Pt+].[OH+]=C([N-]N=Cc1ccccc1[OH2+])c1ccccc1. The Bertz CT molecular complexity index is 576. The third kappa shape index (κ3) is 5.16. The van der Waals surface area contributed by atoms with Crippen molar-refractivity contribution in [2.45, 2.75) is 0 Å². The van der Waals surface area contributed by atoms with Gasteiger partial charge in [-0.15, -0.1) is 0 Å². The maximum atomic E-state index is 9.66. The Morgan fingerprint density at radius 3 is 2.35 bits per heavy atom. The minimum Gasteiger partial charge on any atom is -0.593 e. The third-order valence-electron chi connectivity index (χ3n) is 2.34. The molecule has 2 rings (SSSR count). The van der Waals surface area contributed by atoms with Crippen LogP contribution < -0.4 is 0 Å². The van der Waals surface area contributed by atoms with Crippen molar-refractivity contribution in [3.05, 3.63) is 71.1 Å². The minimum absolute atomic E-state index is 0.144. The van der Waals surface area contributed by atoms with Gasteiger partial charge in [0.05, 0.1) is 11.1 Å². The number of hydrogen-bond donors (Lipinski definition) is 0. The number of benzene rings is 2. The summed E-state index contributed by atoms with van der Waals surface area (Å²) in [5, 5.41) is 11.4. The van der Waals surface area contributed by atoms with Crippen LogP contribution in [0.15, 0.2) is 59.7 Å².